The number of fused-ring (bicyclic) bond motifs is 1. The third-order valence-electron chi connectivity index (χ3n) is 4.60. The van der Waals surface area contributed by atoms with Gasteiger partial charge in [0.05, 0.1) is 10.2 Å². The number of anilines is 1. The molecule has 3 heterocycles. The molecule has 0 saturated carbocycles. The monoisotopic (exact) mass is 356 g/mol. The minimum atomic E-state index is 0.0844. The lowest BCUT2D eigenvalue weighted by Gasteiger charge is -2.34. The zero-order valence-electron chi connectivity index (χ0n) is 14.3. The van der Waals surface area contributed by atoms with Crippen molar-refractivity contribution < 1.29 is 4.79 Å². The van der Waals surface area contributed by atoms with E-state index < -0.39 is 0 Å². The smallest absolute Gasteiger partial charge is 0.244 e. The highest BCUT2D eigenvalue weighted by Crippen LogP contribution is 2.33. The highest BCUT2D eigenvalue weighted by Gasteiger charge is 2.23. The lowest BCUT2D eigenvalue weighted by molar-refractivity contribution is -0.132. The molecule has 25 heavy (non-hydrogen) atoms. The summed E-state index contributed by atoms with van der Waals surface area (Å²) in [5.41, 5.74) is 3.58. The molecule has 0 aliphatic carbocycles. The first kappa shape index (κ1) is 16.0. The summed E-state index contributed by atoms with van der Waals surface area (Å²) in [5.74, 6) is 0.0844. The summed E-state index contributed by atoms with van der Waals surface area (Å²) in [6, 6.07) is 4.28. The van der Waals surface area contributed by atoms with Crippen molar-refractivity contribution in [2.45, 2.75) is 20.4 Å². The molecule has 1 amide bonds. The molecule has 8 heteroatoms. The lowest BCUT2D eigenvalue weighted by Crippen LogP contribution is -2.49. The zero-order chi connectivity index (χ0) is 17.4. The molecule has 7 nitrogen and oxygen atoms in total. The summed E-state index contributed by atoms with van der Waals surface area (Å²) in [5, 5.41) is 5.05. The first-order valence-corrected chi connectivity index (χ1v) is 9.15. The Kier molecular flexibility index (Phi) is 4.12. The Morgan fingerprint density at radius 3 is 2.60 bits per heavy atom. The first-order valence-electron chi connectivity index (χ1n) is 8.33. The first-order chi connectivity index (χ1) is 12.1. The SMILES string of the molecule is Cc1ccc(C)c2sc(N3CCN(C(=O)Cn4cncn4)CC3)nc12. The van der Waals surface area contributed by atoms with E-state index >= 15 is 0 Å². The number of benzene rings is 1. The Balaban J connectivity index is 1.44. The number of nitrogens with zero attached hydrogens (tertiary/aromatic N) is 6. The third-order valence-corrected chi connectivity index (χ3v) is 5.85. The predicted octanol–water partition coefficient (Wildman–Crippen LogP) is 1.85. The number of piperazine rings is 1. The van der Waals surface area contributed by atoms with E-state index in [9.17, 15) is 4.79 Å². The summed E-state index contributed by atoms with van der Waals surface area (Å²) < 4.78 is 2.83. The van der Waals surface area contributed by atoms with E-state index in [4.69, 9.17) is 4.98 Å². The van der Waals surface area contributed by atoms with Crippen LogP contribution in [0.5, 0.6) is 0 Å². The van der Waals surface area contributed by atoms with Crippen molar-refractivity contribution in [3.8, 4) is 0 Å². The van der Waals surface area contributed by atoms with Crippen LogP contribution in [0.1, 0.15) is 11.1 Å². The van der Waals surface area contributed by atoms with Crippen molar-refractivity contribution >= 4 is 32.6 Å². The quantitative estimate of drug-likeness (QED) is 0.716. The fourth-order valence-electron chi connectivity index (χ4n) is 3.08. The number of carbonyl (C=O) groups excluding carboxylic acids is 1. The van der Waals surface area contributed by atoms with Gasteiger partial charge in [0, 0.05) is 26.2 Å². The van der Waals surface area contributed by atoms with E-state index in [1.54, 1.807) is 22.3 Å². The Hall–Kier alpha value is -2.48. The molecular formula is C17H20N6OS. The molecule has 0 radical (unpaired) electrons. The molecule has 0 N–H and O–H groups in total. The van der Waals surface area contributed by atoms with Crippen molar-refractivity contribution in [3.63, 3.8) is 0 Å². The molecule has 0 unspecified atom stereocenters. The van der Waals surface area contributed by atoms with Gasteiger partial charge in [-0.05, 0) is 25.0 Å². The summed E-state index contributed by atoms with van der Waals surface area (Å²) in [6.07, 6.45) is 3.02. The van der Waals surface area contributed by atoms with Gasteiger partial charge in [-0.3, -0.25) is 4.79 Å². The van der Waals surface area contributed by atoms with Gasteiger partial charge < -0.3 is 9.80 Å². The summed E-state index contributed by atoms with van der Waals surface area (Å²) in [4.78, 5) is 25.2. The summed E-state index contributed by atoms with van der Waals surface area (Å²) >= 11 is 1.75. The van der Waals surface area contributed by atoms with Gasteiger partial charge in [-0.15, -0.1) is 0 Å². The van der Waals surface area contributed by atoms with Crippen LogP contribution in [0, 0.1) is 13.8 Å². The van der Waals surface area contributed by atoms with E-state index in [1.807, 2.05) is 4.90 Å². The molecule has 1 aliphatic rings. The van der Waals surface area contributed by atoms with Crippen LogP contribution in [0.3, 0.4) is 0 Å². The maximum atomic E-state index is 12.3. The van der Waals surface area contributed by atoms with Gasteiger partial charge in [0.25, 0.3) is 0 Å². The van der Waals surface area contributed by atoms with Crippen LogP contribution in [0.15, 0.2) is 24.8 Å². The van der Waals surface area contributed by atoms with Crippen LogP contribution in [0.2, 0.25) is 0 Å². The van der Waals surface area contributed by atoms with E-state index in [0.717, 1.165) is 23.7 Å². The molecule has 130 valence electrons. The Morgan fingerprint density at radius 1 is 1.16 bits per heavy atom. The minimum Gasteiger partial charge on any atom is -0.345 e. The topological polar surface area (TPSA) is 67.2 Å². The molecule has 3 aromatic rings. The lowest BCUT2D eigenvalue weighted by atomic mass is 10.1. The van der Waals surface area contributed by atoms with E-state index in [2.05, 4.69) is 41.0 Å². The molecule has 2 aromatic heterocycles. The van der Waals surface area contributed by atoms with Crippen LogP contribution in [0.25, 0.3) is 10.2 Å². The van der Waals surface area contributed by atoms with Crippen LogP contribution < -0.4 is 4.90 Å². The van der Waals surface area contributed by atoms with E-state index in [1.165, 1.54) is 22.2 Å². The zero-order valence-corrected chi connectivity index (χ0v) is 15.2. The van der Waals surface area contributed by atoms with Crippen LogP contribution in [-0.4, -0.2) is 56.7 Å². The van der Waals surface area contributed by atoms with Gasteiger partial charge >= 0.3 is 0 Å². The molecule has 1 fully saturated rings. The van der Waals surface area contributed by atoms with Crippen LogP contribution >= 0.6 is 11.3 Å². The van der Waals surface area contributed by atoms with Gasteiger partial charge in [0.2, 0.25) is 5.91 Å². The number of amides is 1. The normalized spacial score (nSPS) is 15.1. The van der Waals surface area contributed by atoms with Crippen molar-refractivity contribution in [2.75, 3.05) is 31.1 Å². The molecular weight excluding hydrogens is 336 g/mol. The van der Waals surface area contributed by atoms with Crippen molar-refractivity contribution in [3.05, 3.63) is 35.9 Å². The fourth-order valence-corrected chi connectivity index (χ4v) is 4.25. The van der Waals surface area contributed by atoms with Crippen LogP contribution in [-0.2, 0) is 11.3 Å². The largest absolute Gasteiger partial charge is 0.345 e. The number of rotatable bonds is 3. The Labute approximate surface area is 149 Å². The molecule has 0 atom stereocenters. The standard InChI is InChI=1S/C17H20N6OS/c1-12-3-4-13(2)16-15(12)20-17(25-16)22-7-5-21(6-8-22)14(24)9-23-11-18-10-19-23/h3-4,10-11H,5-9H2,1-2H3. The molecule has 1 saturated heterocycles. The molecule has 0 spiro atoms. The Bertz CT molecular complexity index is 856. The summed E-state index contributed by atoms with van der Waals surface area (Å²) in [6.45, 7) is 7.51. The van der Waals surface area contributed by atoms with Crippen LogP contribution in [0.4, 0.5) is 5.13 Å². The fraction of sp³-hybridized carbons (Fsp3) is 0.412. The average molecular weight is 356 g/mol. The number of hydrogen-bond donors (Lipinski definition) is 0. The van der Waals surface area contributed by atoms with Crippen molar-refractivity contribution in [1.82, 2.24) is 24.6 Å². The van der Waals surface area contributed by atoms with E-state index in [0.29, 0.717) is 13.1 Å². The molecule has 0 bridgehead atoms. The second-order valence-corrected chi connectivity index (χ2v) is 7.31. The average Bonchev–Trinajstić information content (AvgIpc) is 3.28. The maximum Gasteiger partial charge on any atom is 0.244 e. The predicted molar refractivity (Wildman–Crippen MR) is 97.9 cm³/mol. The molecule has 1 aromatic carbocycles. The highest BCUT2D eigenvalue weighted by atomic mass is 32.1. The Morgan fingerprint density at radius 2 is 1.92 bits per heavy atom. The van der Waals surface area contributed by atoms with E-state index in [-0.39, 0.29) is 12.5 Å². The van der Waals surface area contributed by atoms with Gasteiger partial charge in [-0.2, -0.15) is 5.10 Å². The van der Waals surface area contributed by atoms with Gasteiger partial charge in [-0.25, -0.2) is 14.6 Å². The molecule has 1 aliphatic heterocycles. The number of aryl methyl sites for hydroxylation is 2. The van der Waals surface area contributed by atoms with Gasteiger partial charge in [0.1, 0.15) is 19.2 Å². The second kappa shape index (κ2) is 6.44. The summed E-state index contributed by atoms with van der Waals surface area (Å²) in [7, 11) is 0. The highest BCUT2D eigenvalue weighted by molar-refractivity contribution is 7.22. The number of aromatic nitrogens is 4. The minimum absolute atomic E-state index is 0.0844. The van der Waals surface area contributed by atoms with Gasteiger partial charge in [0.15, 0.2) is 5.13 Å². The number of hydrogen-bond acceptors (Lipinski definition) is 6. The van der Waals surface area contributed by atoms with Crippen molar-refractivity contribution in [2.24, 2.45) is 0 Å². The molecule has 4 rings (SSSR count). The number of thiazole rings is 1. The third kappa shape index (κ3) is 3.09. The maximum absolute atomic E-state index is 12.3. The number of carbonyl (C=O) groups is 1. The van der Waals surface area contributed by atoms with Crippen molar-refractivity contribution in [1.29, 1.82) is 0 Å². The second-order valence-electron chi connectivity index (χ2n) is 6.33. The van der Waals surface area contributed by atoms with Gasteiger partial charge in [-0.1, -0.05) is 23.5 Å².